The van der Waals surface area contributed by atoms with Gasteiger partial charge in [0.1, 0.15) is 35.6 Å². The Balaban J connectivity index is 1.31. The average molecular weight is 545 g/mol. The van der Waals surface area contributed by atoms with Gasteiger partial charge in [0.25, 0.3) is 0 Å². The molecule has 2 aliphatic carbocycles. The van der Waals surface area contributed by atoms with E-state index in [1.165, 1.54) is 36.8 Å². The number of esters is 2. The molecule has 4 bridgehead atoms. The minimum Gasteiger partial charge on any atom is -0.463 e. The summed E-state index contributed by atoms with van der Waals surface area (Å²) in [6, 6.07) is 0. The second kappa shape index (κ2) is 8.24. The smallest absolute Gasteiger partial charge is 0.338 e. The Bertz CT molecular complexity index is 1190. The fourth-order valence-electron chi connectivity index (χ4n) is 8.37. The van der Waals surface area contributed by atoms with Crippen molar-refractivity contribution in [1.82, 2.24) is 0 Å². The molecule has 5 aliphatic heterocycles. The zero-order valence-corrected chi connectivity index (χ0v) is 22.5. The van der Waals surface area contributed by atoms with E-state index in [2.05, 4.69) is 19.9 Å². The number of cyclic esters (lactones) is 1. The lowest BCUT2D eigenvalue weighted by molar-refractivity contribution is -0.233. The van der Waals surface area contributed by atoms with Crippen molar-refractivity contribution in [2.75, 3.05) is 19.8 Å². The lowest BCUT2D eigenvalue weighted by Gasteiger charge is -2.58. The van der Waals surface area contributed by atoms with Crippen LogP contribution in [0.15, 0.2) is 36.0 Å². The Labute approximate surface area is 226 Å². The number of ether oxygens (including phenoxy) is 6. The van der Waals surface area contributed by atoms with Gasteiger partial charge < -0.3 is 38.6 Å². The van der Waals surface area contributed by atoms with Crippen LogP contribution in [0, 0.1) is 10.8 Å². The van der Waals surface area contributed by atoms with Crippen molar-refractivity contribution in [3.63, 3.8) is 0 Å². The number of rotatable bonds is 1. The Morgan fingerprint density at radius 2 is 1.90 bits per heavy atom. The third-order valence-corrected chi connectivity index (χ3v) is 11.0. The number of fused-ring (bicyclic) bond motifs is 1. The Hall–Kier alpha value is -2.08. The normalized spacial score (nSPS) is 54.4. The quantitative estimate of drug-likeness (QED) is 0.282. The Morgan fingerprint density at radius 1 is 1.10 bits per heavy atom. The third kappa shape index (κ3) is 3.18. The molecule has 0 radical (unpaired) electrons. The second-order valence-electron chi connectivity index (χ2n) is 12.6. The lowest BCUT2D eigenvalue weighted by atomic mass is 9.51. The maximum atomic E-state index is 13.5. The summed E-state index contributed by atoms with van der Waals surface area (Å²) < 4.78 is 36.7. The SMILES string of the molecule is CC1=C[C@@H]2O[C@H]3C[C@@H]4OC(=O)/C=C\C=C\[C@]5([C@H](C)O)OCC[C@]6(O[C@@H]6C(=O)OC[C@]2(CC1)[C@@]4(C)[C@@]31CO1)[C@@H]5O. The highest BCUT2D eigenvalue weighted by Gasteiger charge is 2.83. The van der Waals surface area contributed by atoms with Gasteiger partial charge in [-0.05, 0) is 32.8 Å². The molecule has 10 nitrogen and oxygen atoms in total. The average Bonchev–Trinajstić information content (AvgIpc) is 3.81. The maximum Gasteiger partial charge on any atom is 0.338 e. The minimum absolute atomic E-state index is 0.0302. The molecule has 0 aromatic carbocycles. The summed E-state index contributed by atoms with van der Waals surface area (Å²) in [6.45, 7) is 6.35. The van der Waals surface area contributed by atoms with Crippen molar-refractivity contribution in [2.45, 2.75) is 99.9 Å². The molecular formula is C29H36O10. The van der Waals surface area contributed by atoms with Crippen molar-refractivity contribution in [3.05, 3.63) is 36.0 Å². The van der Waals surface area contributed by atoms with Crippen LogP contribution in [0.5, 0.6) is 0 Å². The Kier molecular flexibility index (Phi) is 5.46. The fraction of sp³-hybridized carbons (Fsp3) is 0.724. The minimum atomic E-state index is -1.53. The zero-order chi connectivity index (χ0) is 27.4. The van der Waals surface area contributed by atoms with Gasteiger partial charge in [-0.2, -0.15) is 0 Å². The molecule has 1 saturated carbocycles. The van der Waals surface area contributed by atoms with E-state index in [9.17, 15) is 19.8 Å². The molecule has 0 aromatic rings. The molecule has 3 spiro atoms. The van der Waals surface area contributed by atoms with Crippen LogP contribution in [0.25, 0.3) is 0 Å². The van der Waals surface area contributed by atoms with Gasteiger partial charge in [-0.25, -0.2) is 9.59 Å². The number of epoxide rings is 2. The molecule has 7 rings (SSSR count). The topological polar surface area (TPSA) is 137 Å². The second-order valence-corrected chi connectivity index (χ2v) is 12.6. The van der Waals surface area contributed by atoms with Gasteiger partial charge in [0, 0.05) is 24.3 Å². The number of aliphatic hydroxyl groups is 2. The van der Waals surface area contributed by atoms with E-state index < -0.39 is 64.0 Å². The number of carbonyl (C=O) groups excluding carboxylic acids is 2. The van der Waals surface area contributed by atoms with Crippen LogP contribution in [-0.4, -0.2) is 95.4 Å². The van der Waals surface area contributed by atoms with E-state index in [0.29, 0.717) is 19.4 Å². The summed E-state index contributed by atoms with van der Waals surface area (Å²) in [5.41, 5.74) is -3.53. The van der Waals surface area contributed by atoms with Crippen molar-refractivity contribution < 1.29 is 48.2 Å². The Morgan fingerprint density at radius 3 is 2.64 bits per heavy atom. The monoisotopic (exact) mass is 544 g/mol. The van der Waals surface area contributed by atoms with Crippen LogP contribution in [0.4, 0.5) is 0 Å². The molecule has 39 heavy (non-hydrogen) atoms. The van der Waals surface area contributed by atoms with E-state index in [-0.39, 0.29) is 31.8 Å². The number of aliphatic hydroxyl groups excluding tert-OH is 2. The summed E-state index contributed by atoms with van der Waals surface area (Å²) in [5, 5.41) is 22.1. The van der Waals surface area contributed by atoms with Gasteiger partial charge in [-0.15, -0.1) is 0 Å². The number of allylic oxidation sites excluding steroid dienone is 3. The molecule has 0 unspecified atom stereocenters. The molecule has 7 aliphatic rings. The highest BCUT2D eigenvalue weighted by molar-refractivity contribution is 5.82. The van der Waals surface area contributed by atoms with Crippen molar-refractivity contribution in [1.29, 1.82) is 0 Å². The molecule has 0 aromatic heterocycles. The van der Waals surface area contributed by atoms with E-state index in [0.717, 1.165) is 6.42 Å². The maximum absolute atomic E-state index is 13.5. The first kappa shape index (κ1) is 25.9. The molecule has 5 fully saturated rings. The molecule has 212 valence electrons. The van der Waals surface area contributed by atoms with E-state index in [1.54, 1.807) is 0 Å². The summed E-state index contributed by atoms with van der Waals surface area (Å²) in [7, 11) is 0. The lowest BCUT2D eigenvalue weighted by Crippen LogP contribution is -2.67. The first-order valence-corrected chi connectivity index (χ1v) is 13.9. The van der Waals surface area contributed by atoms with Crippen LogP contribution in [0.1, 0.15) is 46.5 Å². The summed E-state index contributed by atoms with van der Waals surface area (Å²) in [4.78, 5) is 26.6. The first-order valence-electron chi connectivity index (χ1n) is 13.9. The molecule has 4 saturated heterocycles. The summed E-state index contributed by atoms with van der Waals surface area (Å²) in [5.74, 6) is -1.10. The van der Waals surface area contributed by atoms with Gasteiger partial charge in [0.05, 0.1) is 36.9 Å². The molecule has 0 amide bonds. The van der Waals surface area contributed by atoms with Crippen molar-refractivity contribution in [3.8, 4) is 0 Å². The number of carbonyl (C=O) groups is 2. The van der Waals surface area contributed by atoms with Gasteiger partial charge >= 0.3 is 11.9 Å². The van der Waals surface area contributed by atoms with Crippen LogP contribution in [0.2, 0.25) is 0 Å². The van der Waals surface area contributed by atoms with Crippen LogP contribution in [-0.2, 0) is 38.0 Å². The third-order valence-electron chi connectivity index (χ3n) is 11.0. The van der Waals surface area contributed by atoms with Crippen LogP contribution < -0.4 is 0 Å². The van der Waals surface area contributed by atoms with Gasteiger partial charge in [-0.3, -0.25) is 0 Å². The van der Waals surface area contributed by atoms with E-state index >= 15 is 0 Å². The summed E-state index contributed by atoms with van der Waals surface area (Å²) >= 11 is 0. The summed E-state index contributed by atoms with van der Waals surface area (Å²) in [6.07, 6.45) is 5.66. The van der Waals surface area contributed by atoms with Gasteiger partial charge in [0.15, 0.2) is 6.10 Å². The highest BCUT2D eigenvalue weighted by atomic mass is 16.7. The molecular weight excluding hydrogens is 508 g/mol. The first-order chi connectivity index (χ1) is 18.5. The predicted octanol–water partition coefficient (Wildman–Crippen LogP) is 1.28. The zero-order valence-electron chi connectivity index (χ0n) is 22.5. The largest absolute Gasteiger partial charge is 0.463 e. The van der Waals surface area contributed by atoms with E-state index in [1.807, 2.05) is 0 Å². The number of hydrogen-bond acceptors (Lipinski definition) is 10. The molecule has 2 N–H and O–H groups in total. The van der Waals surface area contributed by atoms with Crippen LogP contribution in [0.3, 0.4) is 0 Å². The molecule has 11 atom stereocenters. The van der Waals surface area contributed by atoms with Crippen LogP contribution >= 0.6 is 0 Å². The molecule has 10 heteroatoms. The van der Waals surface area contributed by atoms with Crippen molar-refractivity contribution >= 4 is 11.9 Å². The van der Waals surface area contributed by atoms with E-state index in [4.69, 9.17) is 28.4 Å². The van der Waals surface area contributed by atoms with Crippen molar-refractivity contribution in [2.24, 2.45) is 10.8 Å². The standard InChI is InChI=1S/C29H36O10/c1-16-7-9-26-14-34-23(32)22-28(39-22)10-11-35-27(17(2)30,24(28)33)8-5-4-6-21(31)38-18-13-20(37-19(26)12-16)29(15-36-29)25(18,26)3/h4-6,8,12,17-20,22,24,30,33H,7,9-11,13-15H2,1-3H3/b6-4-,8-5+/t17-,18-,19-,20-,22+,24+,25-,26-,27+,28+,29+/m0/s1. The van der Waals surface area contributed by atoms with Gasteiger partial charge in [-0.1, -0.05) is 30.7 Å². The predicted molar refractivity (Wildman–Crippen MR) is 133 cm³/mol. The number of hydrogen-bond donors (Lipinski definition) is 2. The molecule has 5 heterocycles. The fourth-order valence-corrected chi connectivity index (χ4v) is 8.37. The van der Waals surface area contributed by atoms with Gasteiger partial charge in [0.2, 0.25) is 0 Å². The highest BCUT2D eigenvalue weighted by Crippen LogP contribution is 2.72.